The van der Waals surface area contributed by atoms with Gasteiger partial charge in [0.15, 0.2) is 0 Å². The van der Waals surface area contributed by atoms with E-state index >= 15 is 0 Å². The molecular formula is C30H40F6O5. The fourth-order valence-corrected chi connectivity index (χ4v) is 7.32. The number of halogens is 6. The number of hydrogen-bond donors (Lipinski definition) is 1. The number of carbonyl (C=O) groups excluding carboxylic acids is 2. The Morgan fingerprint density at radius 2 is 1.56 bits per heavy atom. The topological polar surface area (TPSA) is 72.8 Å². The Morgan fingerprint density at radius 1 is 1.00 bits per heavy atom. The van der Waals surface area contributed by atoms with E-state index in [9.17, 15) is 41.0 Å². The molecule has 3 saturated carbocycles. The second kappa shape index (κ2) is 12.5. The molecule has 0 aliphatic heterocycles. The summed E-state index contributed by atoms with van der Waals surface area (Å²) in [5.41, 5.74) is -2.78. The zero-order valence-corrected chi connectivity index (χ0v) is 23.9. The van der Waals surface area contributed by atoms with Crippen LogP contribution in [-0.4, -0.2) is 47.2 Å². The van der Waals surface area contributed by atoms with Crippen molar-refractivity contribution in [1.29, 1.82) is 0 Å². The van der Waals surface area contributed by atoms with Gasteiger partial charge >= 0.3 is 24.3 Å². The fraction of sp³-hybridized carbons (Fsp3) is 0.733. The first-order chi connectivity index (χ1) is 18.9. The molecule has 11 heteroatoms. The molecule has 0 aromatic rings. The minimum atomic E-state index is -5.87. The van der Waals surface area contributed by atoms with Crippen LogP contribution in [-0.2, 0) is 19.1 Å². The van der Waals surface area contributed by atoms with Crippen LogP contribution in [0.3, 0.4) is 0 Å². The van der Waals surface area contributed by atoms with Crippen molar-refractivity contribution < 1.29 is 50.5 Å². The van der Waals surface area contributed by atoms with E-state index in [1.165, 1.54) is 19.4 Å². The molecular weight excluding hydrogens is 554 g/mol. The monoisotopic (exact) mass is 594 g/mol. The number of hydrogen-bond acceptors (Lipinski definition) is 5. The molecule has 0 bridgehead atoms. The van der Waals surface area contributed by atoms with Crippen LogP contribution in [0.15, 0.2) is 35.5 Å². The number of fused-ring (bicyclic) bond motifs is 1. The molecule has 5 nitrogen and oxygen atoms in total. The Bertz CT molecular complexity index is 1020. The molecule has 1 unspecified atom stereocenters. The van der Waals surface area contributed by atoms with Crippen LogP contribution in [0, 0.1) is 23.2 Å². The van der Waals surface area contributed by atoms with Crippen LogP contribution in [0.5, 0.6) is 0 Å². The van der Waals surface area contributed by atoms with Gasteiger partial charge in [0.1, 0.15) is 12.2 Å². The van der Waals surface area contributed by atoms with Crippen molar-refractivity contribution in [2.24, 2.45) is 23.2 Å². The highest BCUT2D eigenvalue weighted by molar-refractivity contribution is 5.67. The van der Waals surface area contributed by atoms with Crippen molar-refractivity contribution in [1.82, 2.24) is 0 Å². The quantitative estimate of drug-likeness (QED) is 0.187. The summed E-state index contributed by atoms with van der Waals surface area (Å²) in [4.78, 5) is 23.0. The molecule has 3 fully saturated rings. The lowest BCUT2D eigenvalue weighted by Crippen LogP contribution is -2.55. The van der Waals surface area contributed by atoms with Crippen molar-refractivity contribution in [3.8, 4) is 0 Å². The maximum atomic E-state index is 13.0. The molecule has 1 N–H and O–H groups in total. The predicted octanol–water partition coefficient (Wildman–Crippen LogP) is 7.54. The molecule has 3 aliphatic carbocycles. The van der Waals surface area contributed by atoms with Crippen LogP contribution in [0.2, 0.25) is 0 Å². The lowest BCUT2D eigenvalue weighted by molar-refractivity contribution is -0.347. The van der Waals surface area contributed by atoms with Crippen LogP contribution in [0.1, 0.15) is 85.5 Å². The van der Waals surface area contributed by atoms with Crippen molar-refractivity contribution in [2.45, 2.75) is 116 Å². The molecule has 0 radical (unpaired) electrons. The largest absolute Gasteiger partial charge is 0.462 e. The summed E-state index contributed by atoms with van der Waals surface area (Å²) in [6.45, 7) is 6.67. The number of esters is 2. The molecule has 0 heterocycles. The molecule has 3 rings (SSSR count). The highest BCUT2D eigenvalue weighted by Gasteiger charge is 2.69. The van der Waals surface area contributed by atoms with Crippen molar-refractivity contribution >= 4 is 11.9 Å². The zero-order chi connectivity index (χ0) is 30.8. The van der Waals surface area contributed by atoms with Gasteiger partial charge < -0.3 is 14.6 Å². The van der Waals surface area contributed by atoms with Crippen LogP contribution >= 0.6 is 0 Å². The van der Waals surface area contributed by atoms with Gasteiger partial charge in [0.05, 0.1) is 0 Å². The van der Waals surface area contributed by atoms with Gasteiger partial charge in [-0.2, -0.15) is 26.3 Å². The fourth-order valence-electron chi connectivity index (χ4n) is 7.32. The maximum absolute atomic E-state index is 13.0. The first kappa shape index (κ1) is 33.2. The molecule has 0 saturated heterocycles. The number of carbonyl (C=O) groups is 2. The molecule has 41 heavy (non-hydrogen) atoms. The second-order valence-corrected chi connectivity index (χ2v) is 12.1. The lowest BCUT2D eigenvalue weighted by atomic mass is 9.61. The highest BCUT2D eigenvalue weighted by atomic mass is 19.4. The van der Waals surface area contributed by atoms with Gasteiger partial charge in [0.25, 0.3) is 5.60 Å². The van der Waals surface area contributed by atoms with Gasteiger partial charge in [0, 0.05) is 33.1 Å². The summed E-state index contributed by atoms with van der Waals surface area (Å²) in [7, 11) is 0. The number of rotatable bonds is 7. The molecule has 0 aromatic carbocycles. The Morgan fingerprint density at radius 3 is 2.07 bits per heavy atom. The average molecular weight is 595 g/mol. The molecule has 3 aliphatic rings. The maximum Gasteiger partial charge on any atom is 0.429 e. The smallest absolute Gasteiger partial charge is 0.429 e. The minimum absolute atomic E-state index is 0.0143. The summed E-state index contributed by atoms with van der Waals surface area (Å²) in [6.07, 6.45) is -1.88. The summed E-state index contributed by atoms with van der Waals surface area (Å²) < 4.78 is 89.0. The SMILES string of the molecule is CC(=O)O[C@@H]1CC(=C/C=C2\CCC[C@]3(C)C([C@H](C)C/C=C\C(O)(C(F)(F)F)C(F)(F)F)CC[C@@H]23)C[C@@H](OC(C)=O)C1. The van der Waals surface area contributed by atoms with E-state index in [1.54, 1.807) is 0 Å². The highest BCUT2D eigenvalue weighted by Crippen LogP contribution is 2.60. The van der Waals surface area contributed by atoms with E-state index in [1.807, 2.05) is 13.0 Å². The van der Waals surface area contributed by atoms with Gasteiger partial charge in [-0.1, -0.05) is 43.2 Å². The van der Waals surface area contributed by atoms with Crippen molar-refractivity contribution in [3.63, 3.8) is 0 Å². The summed E-state index contributed by atoms with van der Waals surface area (Å²) in [5.74, 6) is -0.668. The second-order valence-electron chi connectivity index (χ2n) is 12.1. The first-order valence-electron chi connectivity index (χ1n) is 14.1. The van der Waals surface area contributed by atoms with Crippen molar-refractivity contribution in [2.75, 3.05) is 0 Å². The van der Waals surface area contributed by atoms with E-state index in [0.29, 0.717) is 19.3 Å². The summed E-state index contributed by atoms with van der Waals surface area (Å²) >= 11 is 0. The Kier molecular flexibility index (Phi) is 10.1. The Balaban J connectivity index is 1.75. The third-order valence-corrected chi connectivity index (χ3v) is 9.16. The Labute approximate surface area is 237 Å². The third kappa shape index (κ3) is 7.56. The van der Waals surface area contributed by atoms with Crippen molar-refractivity contribution in [3.05, 3.63) is 35.5 Å². The standard InChI is InChI=1S/C30H40F6O5/c1-18(7-5-14-28(39,29(31,32)33)30(34,35)36)25-11-12-26-22(8-6-13-27(25,26)4)10-9-21-15-23(40-19(2)37)17-24(16-21)41-20(3)38/h5,9-10,14,18,23-26,39H,6-8,11-13,15-17H2,1-4H3/b14-5-,22-10+/t18-,23-,24-,25?,26+,27-/m1/s1. The van der Waals surface area contributed by atoms with Gasteiger partial charge in [-0.25, -0.2) is 0 Å². The molecule has 6 atom stereocenters. The van der Waals surface area contributed by atoms with Gasteiger partial charge in [-0.15, -0.1) is 0 Å². The van der Waals surface area contributed by atoms with Crippen LogP contribution in [0.25, 0.3) is 0 Å². The number of aliphatic hydroxyl groups is 1. The lowest BCUT2D eigenvalue weighted by Gasteiger charge is -2.44. The predicted molar refractivity (Wildman–Crippen MR) is 139 cm³/mol. The van der Waals surface area contributed by atoms with Gasteiger partial charge in [-0.05, 0) is 67.8 Å². The first-order valence-corrected chi connectivity index (χ1v) is 14.1. The van der Waals surface area contributed by atoms with Crippen LogP contribution in [0.4, 0.5) is 26.3 Å². The summed E-state index contributed by atoms with van der Waals surface area (Å²) in [5, 5.41) is 9.42. The van der Waals surface area contributed by atoms with Crippen LogP contribution < -0.4 is 0 Å². The number of alkyl halides is 6. The molecule has 0 aromatic heterocycles. The van der Waals surface area contributed by atoms with Gasteiger partial charge in [-0.3, -0.25) is 9.59 Å². The third-order valence-electron chi connectivity index (χ3n) is 9.16. The number of allylic oxidation sites excluding steroid dienone is 4. The average Bonchev–Trinajstić information content (AvgIpc) is 3.17. The summed E-state index contributed by atoms with van der Waals surface area (Å²) in [6, 6.07) is 0. The molecule has 232 valence electrons. The normalized spacial score (nSPS) is 31.2. The minimum Gasteiger partial charge on any atom is -0.462 e. The van der Waals surface area contributed by atoms with E-state index in [0.717, 1.165) is 43.8 Å². The van der Waals surface area contributed by atoms with Gasteiger partial charge in [0.2, 0.25) is 0 Å². The van der Waals surface area contributed by atoms with E-state index in [4.69, 9.17) is 9.47 Å². The number of ether oxygens (including phenoxy) is 2. The van der Waals surface area contributed by atoms with E-state index in [-0.39, 0.29) is 47.9 Å². The van der Waals surface area contributed by atoms with E-state index in [2.05, 4.69) is 13.0 Å². The Hall–Kier alpha value is -2.30. The molecule has 0 amide bonds. The van der Waals surface area contributed by atoms with E-state index < -0.39 is 29.9 Å². The zero-order valence-electron chi connectivity index (χ0n) is 23.9. The molecule has 0 spiro atoms.